The number of benzene rings is 1. The maximum atomic E-state index is 12.0. The van der Waals surface area contributed by atoms with Gasteiger partial charge in [0.05, 0.1) is 0 Å². The molecule has 1 fully saturated rings. The number of rotatable bonds is 1. The lowest BCUT2D eigenvalue weighted by Crippen LogP contribution is -2.45. The number of piperazine rings is 1. The van der Waals surface area contributed by atoms with E-state index in [1.807, 2.05) is 30.3 Å². The van der Waals surface area contributed by atoms with Crippen LogP contribution in [-0.2, 0) is 0 Å². The lowest BCUT2D eigenvalue weighted by molar-refractivity contribution is 0.312. The Hall–Kier alpha value is -1.81. The van der Waals surface area contributed by atoms with E-state index in [-0.39, 0.29) is 5.63 Å². The summed E-state index contributed by atoms with van der Waals surface area (Å²) < 4.78 is 5.36. The summed E-state index contributed by atoms with van der Waals surface area (Å²) in [5, 5.41) is 0.978. The van der Waals surface area contributed by atoms with E-state index >= 15 is 0 Å². The van der Waals surface area contributed by atoms with Crippen molar-refractivity contribution in [3.8, 4) is 0 Å². The first-order valence-electron chi connectivity index (χ1n) is 6.20. The molecule has 2 heterocycles. The van der Waals surface area contributed by atoms with E-state index in [4.69, 9.17) is 4.42 Å². The molecule has 0 radical (unpaired) electrons. The second kappa shape index (κ2) is 4.46. The molecule has 0 aliphatic carbocycles. The number of para-hydroxylation sites is 1. The van der Waals surface area contributed by atoms with Gasteiger partial charge in [-0.2, -0.15) is 0 Å². The van der Waals surface area contributed by atoms with E-state index in [2.05, 4.69) is 16.8 Å². The molecule has 0 atom stereocenters. The van der Waals surface area contributed by atoms with Crippen LogP contribution in [0.5, 0.6) is 0 Å². The molecular formula is C14H16N2O2. The maximum Gasteiger partial charge on any atom is 0.360 e. The van der Waals surface area contributed by atoms with Gasteiger partial charge in [0.25, 0.3) is 0 Å². The normalized spacial score (nSPS) is 17.3. The Labute approximate surface area is 105 Å². The quantitative estimate of drug-likeness (QED) is 0.713. The molecule has 2 aromatic rings. The van der Waals surface area contributed by atoms with Crippen LogP contribution in [0.3, 0.4) is 0 Å². The number of hydrogen-bond donors (Lipinski definition) is 0. The third-order valence-electron chi connectivity index (χ3n) is 3.47. The topological polar surface area (TPSA) is 36.7 Å². The van der Waals surface area contributed by atoms with Gasteiger partial charge >= 0.3 is 5.63 Å². The van der Waals surface area contributed by atoms with E-state index in [0.717, 1.165) is 31.6 Å². The number of anilines is 1. The zero-order chi connectivity index (χ0) is 12.5. The van der Waals surface area contributed by atoms with E-state index in [1.165, 1.54) is 0 Å². The monoisotopic (exact) mass is 244 g/mol. The summed E-state index contributed by atoms with van der Waals surface area (Å²) in [5.74, 6) is 0. The first-order chi connectivity index (χ1) is 8.74. The highest BCUT2D eigenvalue weighted by Crippen LogP contribution is 2.18. The molecule has 1 aromatic heterocycles. The van der Waals surface area contributed by atoms with Crippen LogP contribution in [0.2, 0.25) is 0 Å². The minimum absolute atomic E-state index is 0.238. The van der Waals surface area contributed by atoms with Gasteiger partial charge in [0, 0.05) is 31.6 Å². The molecule has 18 heavy (non-hydrogen) atoms. The molecule has 1 aliphatic heterocycles. The molecule has 0 amide bonds. The van der Waals surface area contributed by atoms with E-state index in [0.29, 0.717) is 11.3 Å². The van der Waals surface area contributed by atoms with Gasteiger partial charge in [-0.25, -0.2) is 4.79 Å². The minimum atomic E-state index is -0.238. The summed E-state index contributed by atoms with van der Waals surface area (Å²) in [7, 11) is 2.10. The second-order valence-electron chi connectivity index (χ2n) is 4.75. The van der Waals surface area contributed by atoms with Crippen molar-refractivity contribution in [2.45, 2.75) is 0 Å². The van der Waals surface area contributed by atoms with Crippen LogP contribution in [0.4, 0.5) is 5.69 Å². The summed E-state index contributed by atoms with van der Waals surface area (Å²) >= 11 is 0. The summed E-state index contributed by atoms with van der Waals surface area (Å²) in [4.78, 5) is 16.4. The Kier molecular flexibility index (Phi) is 2.80. The summed E-state index contributed by atoms with van der Waals surface area (Å²) in [6.07, 6.45) is 0. The first kappa shape index (κ1) is 11.3. The van der Waals surface area contributed by atoms with Crippen LogP contribution in [0.15, 0.2) is 39.5 Å². The molecule has 0 saturated carbocycles. The number of hydrogen-bond acceptors (Lipinski definition) is 4. The average molecular weight is 244 g/mol. The molecule has 1 aliphatic rings. The van der Waals surface area contributed by atoms with E-state index < -0.39 is 0 Å². The van der Waals surface area contributed by atoms with Crippen molar-refractivity contribution in [3.63, 3.8) is 0 Å². The fourth-order valence-corrected chi connectivity index (χ4v) is 2.32. The number of nitrogens with zero attached hydrogens (tertiary/aromatic N) is 2. The van der Waals surface area contributed by atoms with Gasteiger partial charge in [-0.15, -0.1) is 0 Å². The third-order valence-corrected chi connectivity index (χ3v) is 3.47. The standard InChI is InChI=1S/C14H16N2O2/c1-15-6-8-16(9-7-15)12-10-11-4-2-3-5-13(11)18-14(12)17/h2-5,10H,6-9H2,1H3. The van der Waals surface area contributed by atoms with Gasteiger partial charge in [0.1, 0.15) is 11.3 Å². The molecule has 4 nitrogen and oxygen atoms in total. The largest absolute Gasteiger partial charge is 0.421 e. The molecular weight excluding hydrogens is 228 g/mol. The molecule has 0 spiro atoms. The number of likely N-dealkylation sites (N-methyl/N-ethyl adjacent to an activating group) is 1. The van der Waals surface area contributed by atoms with Crippen molar-refractivity contribution in [1.82, 2.24) is 4.90 Å². The summed E-state index contributed by atoms with van der Waals surface area (Å²) in [6, 6.07) is 9.56. The fourth-order valence-electron chi connectivity index (χ4n) is 2.32. The van der Waals surface area contributed by atoms with Crippen molar-refractivity contribution < 1.29 is 4.42 Å². The molecule has 1 saturated heterocycles. The Morgan fingerprint density at radius 2 is 1.83 bits per heavy atom. The highest BCUT2D eigenvalue weighted by Gasteiger charge is 2.18. The van der Waals surface area contributed by atoms with Crippen molar-refractivity contribution in [2.75, 3.05) is 38.1 Å². The van der Waals surface area contributed by atoms with Crippen LogP contribution in [0, 0.1) is 0 Å². The predicted molar refractivity (Wildman–Crippen MR) is 72.2 cm³/mol. The Bertz CT molecular complexity index is 612. The van der Waals surface area contributed by atoms with Gasteiger partial charge in [-0.3, -0.25) is 0 Å². The van der Waals surface area contributed by atoms with Crippen molar-refractivity contribution in [2.24, 2.45) is 0 Å². The SMILES string of the molecule is CN1CCN(c2cc3ccccc3oc2=O)CC1. The van der Waals surface area contributed by atoms with Crippen LogP contribution in [-0.4, -0.2) is 38.1 Å². The van der Waals surface area contributed by atoms with Gasteiger partial charge in [0.2, 0.25) is 0 Å². The molecule has 4 heteroatoms. The van der Waals surface area contributed by atoms with Gasteiger partial charge in [-0.05, 0) is 19.2 Å². The molecule has 0 unspecified atom stereocenters. The smallest absolute Gasteiger partial charge is 0.360 e. The Morgan fingerprint density at radius 3 is 2.61 bits per heavy atom. The van der Waals surface area contributed by atoms with E-state index in [1.54, 1.807) is 0 Å². The summed E-state index contributed by atoms with van der Waals surface area (Å²) in [6.45, 7) is 3.71. The lowest BCUT2D eigenvalue weighted by atomic mass is 10.2. The minimum Gasteiger partial charge on any atom is -0.421 e. The lowest BCUT2D eigenvalue weighted by Gasteiger charge is -2.33. The summed E-state index contributed by atoms with van der Waals surface area (Å²) in [5.41, 5.74) is 1.10. The van der Waals surface area contributed by atoms with Crippen LogP contribution in [0.1, 0.15) is 0 Å². The highest BCUT2D eigenvalue weighted by molar-refractivity contribution is 5.79. The first-order valence-corrected chi connectivity index (χ1v) is 6.20. The molecule has 1 aromatic carbocycles. The van der Waals surface area contributed by atoms with Crippen LogP contribution in [0.25, 0.3) is 11.0 Å². The van der Waals surface area contributed by atoms with E-state index in [9.17, 15) is 4.79 Å². The van der Waals surface area contributed by atoms with Crippen molar-refractivity contribution in [1.29, 1.82) is 0 Å². The highest BCUT2D eigenvalue weighted by atomic mass is 16.4. The Balaban J connectivity index is 2.01. The second-order valence-corrected chi connectivity index (χ2v) is 4.75. The fraction of sp³-hybridized carbons (Fsp3) is 0.357. The van der Waals surface area contributed by atoms with Gasteiger partial charge < -0.3 is 14.2 Å². The number of fused-ring (bicyclic) bond motifs is 1. The maximum absolute atomic E-state index is 12.0. The Morgan fingerprint density at radius 1 is 1.11 bits per heavy atom. The van der Waals surface area contributed by atoms with Crippen LogP contribution < -0.4 is 10.5 Å². The zero-order valence-corrected chi connectivity index (χ0v) is 10.4. The van der Waals surface area contributed by atoms with Crippen molar-refractivity contribution in [3.05, 3.63) is 40.8 Å². The molecule has 0 N–H and O–H groups in total. The molecule has 3 rings (SSSR count). The van der Waals surface area contributed by atoms with Gasteiger partial charge in [0.15, 0.2) is 0 Å². The average Bonchev–Trinajstić information content (AvgIpc) is 2.39. The van der Waals surface area contributed by atoms with Crippen molar-refractivity contribution >= 4 is 16.7 Å². The van der Waals surface area contributed by atoms with Crippen LogP contribution >= 0.6 is 0 Å². The zero-order valence-electron chi connectivity index (χ0n) is 10.4. The molecule has 0 bridgehead atoms. The predicted octanol–water partition coefficient (Wildman–Crippen LogP) is 1.54. The van der Waals surface area contributed by atoms with Gasteiger partial charge in [-0.1, -0.05) is 18.2 Å². The third kappa shape index (κ3) is 1.99. The molecule has 94 valence electrons.